The first-order valence-corrected chi connectivity index (χ1v) is 11.7. The number of anilines is 2. The average molecular weight is 436 g/mol. The minimum Gasteiger partial charge on any atom is -0.373 e. The summed E-state index contributed by atoms with van der Waals surface area (Å²) in [5, 5.41) is 2.87. The van der Waals surface area contributed by atoms with Gasteiger partial charge in [0.05, 0.1) is 10.6 Å². The van der Waals surface area contributed by atoms with Gasteiger partial charge in [0.1, 0.15) is 0 Å². The third-order valence-electron chi connectivity index (χ3n) is 5.46. The molecule has 3 aromatic carbocycles. The van der Waals surface area contributed by atoms with Crippen molar-refractivity contribution in [2.24, 2.45) is 0 Å². The first kappa shape index (κ1) is 20.9. The molecule has 0 saturated heterocycles. The highest BCUT2D eigenvalue weighted by atomic mass is 32.2. The normalized spacial score (nSPS) is 13.0. The summed E-state index contributed by atoms with van der Waals surface area (Å²) in [5.41, 5.74) is 3.12. The quantitative estimate of drug-likeness (QED) is 0.618. The smallest absolute Gasteiger partial charge is 0.264 e. The van der Waals surface area contributed by atoms with Crippen molar-refractivity contribution < 1.29 is 13.2 Å². The molecule has 0 unspecified atom stereocenters. The molecule has 1 aliphatic heterocycles. The van der Waals surface area contributed by atoms with Crippen LogP contribution in [0.15, 0.2) is 83.8 Å². The van der Waals surface area contributed by atoms with Crippen LogP contribution in [0.3, 0.4) is 0 Å². The van der Waals surface area contributed by atoms with Crippen LogP contribution in [0.25, 0.3) is 0 Å². The Labute approximate surface area is 183 Å². The van der Waals surface area contributed by atoms with Crippen LogP contribution >= 0.6 is 0 Å². The van der Waals surface area contributed by atoms with Crippen molar-refractivity contribution in [3.8, 4) is 0 Å². The van der Waals surface area contributed by atoms with Gasteiger partial charge in [-0.1, -0.05) is 42.5 Å². The second kappa shape index (κ2) is 8.81. The summed E-state index contributed by atoms with van der Waals surface area (Å²) in [4.78, 5) is 14.8. The predicted octanol–water partition coefficient (Wildman–Crippen LogP) is 3.30. The number of carbonyl (C=O) groups excluding carboxylic acids is 1. The third-order valence-corrected chi connectivity index (χ3v) is 7.27. The van der Waals surface area contributed by atoms with Gasteiger partial charge in [0.25, 0.3) is 15.9 Å². The first-order valence-electron chi connectivity index (χ1n) is 10.2. The molecule has 0 saturated carbocycles. The maximum atomic E-state index is 13.2. The zero-order chi connectivity index (χ0) is 21.8. The number of carbonyl (C=O) groups is 1. The Bertz CT molecular complexity index is 1180. The largest absolute Gasteiger partial charge is 0.373 e. The van der Waals surface area contributed by atoms with Crippen molar-refractivity contribution in [2.75, 3.05) is 35.9 Å². The van der Waals surface area contributed by atoms with E-state index in [9.17, 15) is 13.2 Å². The van der Waals surface area contributed by atoms with E-state index in [4.69, 9.17) is 0 Å². The van der Waals surface area contributed by atoms with Gasteiger partial charge in [-0.15, -0.1) is 0 Å². The number of para-hydroxylation sites is 2. The maximum absolute atomic E-state index is 13.2. The van der Waals surface area contributed by atoms with Crippen molar-refractivity contribution in [2.45, 2.75) is 11.3 Å². The van der Waals surface area contributed by atoms with E-state index in [1.807, 2.05) is 66.5 Å². The Morgan fingerprint density at radius 2 is 1.74 bits per heavy atom. The lowest BCUT2D eigenvalue weighted by molar-refractivity contribution is 0.0954. The highest BCUT2D eigenvalue weighted by Gasteiger charge is 2.30. The van der Waals surface area contributed by atoms with Crippen molar-refractivity contribution in [1.82, 2.24) is 5.32 Å². The fourth-order valence-corrected chi connectivity index (χ4v) is 5.28. The van der Waals surface area contributed by atoms with E-state index >= 15 is 0 Å². The summed E-state index contributed by atoms with van der Waals surface area (Å²) in [6, 6.07) is 23.7. The van der Waals surface area contributed by atoms with E-state index in [0.717, 1.165) is 11.3 Å². The van der Waals surface area contributed by atoms with Gasteiger partial charge in [-0.3, -0.25) is 9.10 Å². The lowest BCUT2D eigenvalue weighted by Crippen LogP contribution is -2.33. The summed E-state index contributed by atoms with van der Waals surface area (Å²) in [6.07, 6.45) is 0.685. The number of likely N-dealkylation sites (N-methyl/N-ethyl adjacent to an activating group) is 1. The zero-order valence-corrected chi connectivity index (χ0v) is 18.2. The highest BCUT2D eigenvalue weighted by Crippen LogP contribution is 2.32. The number of rotatable bonds is 7. The molecule has 0 atom stereocenters. The van der Waals surface area contributed by atoms with E-state index in [1.54, 1.807) is 12.1 Å². The van der Waals surface area contributed by atoms with E-state index in [2.05, 4.69) is 5.32 Å². The van der Waals surface area contributed by atoms with E-state index in [-0.39, 0.29) is 10.8 Å². The molecule has 7 heteroatoms. The van der Waals surface area contributed by atoms with Gasteiger partial charge >= 0.3 is 0 Å². The van der Waals surface area contributed by atoms with Crippen LogP contribution in [-0.2, 0) is 16.4 Å². The highest BCUT2D eigenvalue weighted by molar-refractivity contribution is 7.92. The Hall–Kier alpha value is -3.32. The first-order chi connectivity index (χ1) is 15.0. The number of hydrogen-bond acceptors (Lipinski definition) is 4. The topological polar surface area (TPSA) is 69.7 Å². The number of nitrogens with zero attached hydrogens (tertiary/aromatic N) is 2. The van der Waals surface area contributed by atoms with E-state index < -0.39 is 10.0 Å². The van der Waals surface area contributed by atoms with Gasteiger partial charge in [0, 0.05) is 37.9 Å². The Morgan fingerprint density at radius 3 is 2.55 bits per heavy atom. The third kappa shape index (κ3) is 4.41. The monoisotopic (exact) mass is 435 g/mol. The molecule has 3 aromatic rings. The Morgan fingerprint density at radius 1 is 1.00 bits per heavy atom. The van der Waals surface area contributed by atoms with E-state index in [0.29, 0.717) is 37.3 Å². The van der Waals surface area contributed by atoms with Crippen LogP contribution in [-0.4, -0.2) is 41.0 Å². The molecule has 1 aliphatic rings. The molecule has 0 aliphatic carbocycles. The molecule has 0 bridgehead atoms. The van der Waals surface area contributed by atoms with Gasteiger partial charge < -0.3 is 10.2 Å². The standard InChI is InChI=1S/C24H25N3O3S/c1-26(21-10-3-2-4-11-21)17-15-25-24(28)20-9-7-12-22(18-20)31(29,30)27-16-14-19-8-5-6-13-23(19)27/h2-13,18H,14-17H2,1H3,(H,25,28). The Balaban J connectivity index is 1.44. The van der Waals surface area contributed by atoms with Gasteiger partial charge in [0.2, 0.25) is 0 Å². The molecule has 0 radical (unpaired) electrons. The second-order valence-electron chi connectivity index (χ2n) is 7.50. The van der Waals surface area contributed by atoms with Gasteiger partial charge in [-0.2, -0.15) is 0 Å². The summed E-state index contributed by atoms with van der Waals surface area (Å²) < 4.78 is 27.9. The van der Waals surface area contributed by atoms with Gasteiger partial charge in [-0.05, 0) is 48.4 Å². The molecular weight excluding hydrogens is 410 g/mol. The minimum atomic E-state index is -3.73. The lowest BCUT2D eigenvalue weighted by atomic mass is 10.2. The van der Waals surface area contributed by atoms with Crippen molar-refractivity contribution >= 4 is 27.3 Å². The fourth-order valence-electron chi connectivity index (χ4n) is 3.73. The number of hydrogen-bond donors (Lipinski definition) is 1. The van der Waals surface area contributed by atoms with Crippen LogP contribution in [0.1, 0.15) is 15.9 Å². The van der Waals surface area contributed by atoms with Crippen molar-refractivity contribution in [3.63, 3.8) is 0 Å². The number of fused-ring (bicyclic) bond motifs is 1. The summed E-state index contributed by atoms with van der Waals surface area (Å²) in [6.45, 7) is 1.49. The van der Waals surface area contributed by atoms with Crippen LogP contribution in [0.5, 0.6) is 0 Å². The molecule has 0 spiro atoms. The summed E-state index contributed by atoms with van der Waals surface area (Å²) in [5.74, 6) is -0.291. The van der Waals surface area contributed by atoms with Crippen LogP contribution in [0, 0.1) is 0 Å². The van der Waals surface area contributed by atoms with Crippen LogP contribution in [0.2, 0.25) is 0 Å². The number of amides is 1. The number of benzene rings is 3. The number of nitrogens with one attached hydrogen (secondary N) is 1. The van der Waals surface area contributed by atoms with Gasteiger partial charge in [0.15, 0.2) is 0 Å². The molecule has 0 fully saturated rings. The average Bonchev–Trinajstić information content (AvgIpc) is 3.24. The summed E-state index contributed by atoms with van der Waals surface area (Å²) >= 11 is 0. The van der Waals surface area contributed by atoms with Crippen LogP contribution in [0.4, 0.5) is 11.4 Å². The SMILES string of the molecule is CN(CCNC(=O)c1cccc(S(=O)(=O)N2CCc3ccccc32)c1)c1ccccc1. The maximum Gasteiger partial charge on any atom is 0.264 e. The lowest BCUT2D eigenvalue weighted by Gasteiger charge is -2.20. The molecule has 0 aromatic heterocycles. The number of sulfonamides is 1. The fraction of sp³-hybridized carbons (Fsp3) is 0.208. The molecule has 1 heterocycles. The second-order valence-corrected chi connectivity index (χ2v) is 9.36. The predicted molar refractivity (Wildman–Crippen MR) is 123 cm³/mol. The molecule has 1 amide bonds. The molecule has 6 nitrogen and oxygen atoms in total. The zero-order valence-electron chi connectivity index (χ0n) is 17.4. The molecule has 1 N–H and O–H groups in total. The molecule has 31 heavy (non-hydrogen) atoms. The molecule has 160 valence electrons. The minimum absolute atomic E-state index is 0.123. The van der Waals surface area contributed by atoms with Gasteiger partial charge in [-0.25, -0.2) is 8.42 Å². The van der Waals surface area contributed by atoms with Crippen LogP contribution < -0.4 is 14.5 Å². The Kier molecular flexibility index (Phi) is 5.95. The van der Waals surface area contributed by atoms with Crippen molar-refractivity contribution in [1.29, 1.82) is 0 Å². The van der Waals surface area contributed by atoms with E-state index in [1.165, 1.54) is 16.4 Å². The molecule has 4 rings (SSSR count). The molecular formula is C24H25N3O3S. The summed E-state index contributed by atoms with van der Waals surface area (Å²) in [7, 11) is -1.77. The van der Waals surface area contributed by atoms with Crippen molar-refractivity contribution in [3.05, 3.63) is 90.0 Å².